The van der Waals surface area contributed by atoms with Crippen molar-refractivity contribution in [2.75, 3.05) is 33.7 Å². The minimum Gasteiger partial charge on any atom is -0.454 e. The van der Waals surface area contributed by atoms with Gasteiger partial charge in [-0.3, -0.25) is 14.5 Å². The molecule has 0 spiro atoms. The number of likely N-dealkylation sites (tertiary alicyclic amines) is 1. The molecule has 1 atom stereocenters. The number of nitrogens with zero attached hydrogens (tertiary/aromatic N) is 2. The smallest absolute Gasteiger partial charge is 0.231 e. The largest absolute Gasteiger partial charge is 0.454 e. The van der Waals surface area contributed by atoms with Crippen LogP contribution < -0.4 is 9.47 Å². The normalized spacial score (nSPS) is 18.5. The number of fused-ring (bicyclic) bond motifs is 1. The number of hydrogen-bond donors (Lipinski definition) is 0. The third-order valence-corrected chi connectivity index (χ3v) is 5.73. The third-order valence-electron chi connectivity index (χ3n) is 5.73. The first kappa shape index (κ1) is 22.7. The van der Waals surface area contributed by atoms with Crippen molar-refractivity contribution in [3.05, 3.63) is 48.4 Å². The van der Waals surface area contributed by atoms with Crippen LogP contribution in [0.1, 0.15) is 31.1 Å². The van der Waals surface area contributed by atoms with Gasteiger partial charge in [-0.2, -0.15) is 0 Å². The highest BCUT2D eigenvalue weighted by Crippen LogP contribution is 2.33. The van der Waals surface area contributed by atoms with Gasteiger partial charge < -0.3 is 23.8 Å². The predicted octanol–water partition coefficient (Wildman–Crippen LogP) is 2.80. The minimum atomic E-state index is -0.508. The molecule has 1 aromatic rings. The summed E-state index contributed by atoms with van der Waals surface area (Å²) in [5, 5.41) is 0. The molecule has 1 aromatic carbocycles. The summed E-state index contributed by atoms with van der Waals surface area (Å²) in [5.74, 6) is 2.24. The lowest BCUT2D eigenvalue weighted by atomic mass is 9.95. The molecule has 0 saturated carbocycles. The lowest BCUT2D eigenvalue weighted by Gasteiger charge is -2.43. The number of benzene rings is 1. The second-order valence-corrected chi connectivity index (χ2v) is 8.05. The van der Waals surface area contributed by atoms with E-state index in [2.05, 4.69) is 31.9 Å². The Morgan fingerprint density at radius 1 is 1.00 bits per heavy atom. The molecule has 3 heterocycles. The molecule has 2 fully saturated rings. The van der Waals surface area contributed by atoms with Gasteiger partial charge in [0.25, 0.3) is 0 Å². The van der Waals surface area contributed by atoms with Gasteiger partial charge in [0.15, 0.2) is 28.8 Å². The van der Waals surface area contributed by atoms with E-state index in [1.165, 1.54) is 0 Å². The maximum atomic E-state index is 12.7. The zero-order valence-electron chi connectivity index (χ0n) is 18.6. The molecule has 0 bridgehead atoms. The number of ether oxygens (including phenoxy) is 4. The Morgan fingerprint density at radius 3 is 2.13 bits per heavy atom. The molecule has 3 aliphatic heterocycles. The van der Waals surface area contributed by atoms with Gasteiger partial charge in [0.05, 0.1) is 12.0 Å². The Morgan fingerprint density at radius 2 is 1.58 bits per heavy atom. The van der Waals surface area contributed by atoms with Crippen LogP contribution in [0.25, 0.3) is 0 Å². The van der Waals surface area contributed by atoms with Gasteiger partial charge in [0.2, 0.25) is 19.5 Å². The Kier molecular flexibility index (Phi) is 6.90. The van der Waals surface area contributed by atoms with Crippen LogP contribution in [0.3, 0.4) is 0 Å². The summed E-state index contributed by atoms with van der Waals surface area (Å²) in [7, 11) is 1.70. The van der Waals surface area contributed by atoms with Crippen LogP contribution in [-0.2, 0) is 14.3 Å². The van der Waals surface area contributed by atoms with Crippen molar-refractivity contribution in [3.63, 3.8) is 0 Å². The molecule has 2 saturated heterocycles. The van der Waals surface area contributed by atoms with Crippen LogP contribution in [0.2, 0.25) is 0 Å². The fraction of sp³-hybridized carbons (Fsp3) is 0.478. The van der Waals surface area contributed by atoms with Crippen LogP contribution in [-0.4, -0.2) is 67.3 Å². The summed E-state index contributed by atoms with van der Waals surface area (Å²) in [6, 6.07) is 5.08. The Bertz CT molecular complexity index is 861. The van der Waals surface area contributed by atoms with Crippen molar-refractivity contribution in [1.29, 1.82) is 0 Å². The quantitative estimate of drug-likeness (QED) is 0.665. The number of carbonyl (C=O) groups is 2. The molecule has 3 aliphatic rings. The zero-order chi connectivity index (χ0) is 22.7. The molecular weight excluding hydrogens is 400 g/mol. The van der Waals surface area contributed by atoms with Gasteiger partial charge >= 0.3 is 0 Å². The van der Waals surface area contributed by atoms with Crippen molar-refractivity contribution in [3.8, 4) is 11.5 Å². The number of Topliss-reactive ketones (excluding diaryl/α,β-unsaturated/α-hetero) is 1. The first-order valence-corrected chi connectivity index (χ1v) is 10.3. The number of amides is 1. The lowest BCUT2D eigenvalue weighted by Crippen LogP contribution is -2.57. The van der Waals surface area contributed by atoms with E-state index >= 15 is 0 Å². The van der Waals surface area contributed by atoms with Gasteiger partial charge in [0, 0.05) is 31.7 Å². The van der Waals surface area contributed by atoms with Gasteiger partial charge in [-0.05, 0) is 39.0 Å². The Balaban J connectivity index is 0.000000330. The average molecular weight is 431 g/mol. The standard InChI is InChI=1S/C18H24N2O4.C5H6O2/c1-11(2)20-8-14(9-20)18(22)19(4)12(3)17(21)13-5-6-15-16(7-13)24-10-23-15;1-4-5(2)7-3-6-4/h5-7,11-12,14H,8-10H2,1-4H3;1-3H2. The highest BCUT2D eigenvalue weighted by molar-refractivity contribution is 6.02. The maximum Gasteiger partial charge on any atom is 0.231 e. The highest BCUT2D eigenvalue weighted by atomic mass is 16.7. The fourth-order valence-corrected chi connectivity index (χ4v) is 3.37. The van der Waals surface area contributed by atoms with Crippen molar-refractivity contribution in [2.45, 2.75) is 32.9 Å². The van der Waals surface area contributed by atoms with E-state index in [1.54, 1.807) is 37.1 Å². The first-order valence-electron chi connectivity index (χ1n) is 10.3. The van der Waals surface area contributed by atoms with Crippen LogP contribution in [0, 0.1) is 5.92 Å². The number of hydrogen-bond acceptors (Lipinski definition) is 7. The lowest BCUT2D eigenvalue weighted by molar-refractivity contribution is -0.141. The van der Waals surface area contributed by atoms with E-state index in [0.717, 1.165) is 13.1 Å². The van der Waals surface area contributed by atoms with Crippen molar-refractivity contribution in [1.82, 2.24) is 9.80 Å². The third kappa shape index (κ3) is 5.02. The van der Waals surface area contributed by atoms with Gasteiger partial charge in [-0.25, -0.2) is 0 Å². The van der Waals surface area contributed by atoms with E-state index in [4.69, 9.17) is 18.9 Å². The molecule has 0 aromatic heterocycles. The summed E-state index contributed by atoms with van der Waals surface area (Å²) >= 11 is 0. The van der Waals surface area contributed by atoms with E-state index in [1.807, 2.05) is 0 Å². The summed E-state index contributed by atoms with van der Waals surface area (Å²) in [6.07, 6.45) is 0. The summed E-state index contributed by atoms with van der Waals surface area (Å²) in [5.41, 5.74) is 0.531. The van der Waals surface area contributed by atoms with Crippen molar-refractivity contribution < 1.29 is 28.5 Å². The SMILES string of the molecule is C=C1OCOC1=C.CC(C)N1CC(C(=O)N(C)C(C)C(=O)c2ccc3c(c2)OCO3)C1. The second kappa shape index (κ2) is 9.43. The van der Waals surface area contributed by atoms with E-state index < -0.39 is 6.04 Å². The number of carbonyl (C=O) groups excluding carboxylic acids is 2. The molecule has 0 N–H and O–H groups in total. The maximum absolute atomic E-state index is 12.7. The molecule has 1 amide bonds. The van der Waals surface area contributed by atoms with E-state index in [-0.39, 0.29) is 31.2 Å². The number of rotatable bonds is 5. The van der Waals surface area contributed by atoms with Crippen LogP contribution in [0.4, 0.5) is 0 Å². The van der Waals surface area contributed by atoms with E-state index in [0.29, 0.717) is 34.6 Å². The van der Waals surface area contributed by atoms with E-state index in [9.17, 15) is 9.59 Å². The zero-order valence-corrected chi connectivity index (χ0v) is 18.6. The average Bonchev–Trinajstić information content (AvgIpc) is 3.33. The monoisotopic (exact) mass is 430 g/mol. The van der Waals surface area contributed by atoms with Gasteiger partial charge in [-0.15, -0.1) is 0 Å². The van der Waals surface area contributed by atoms with Gasteiger partial charge in [0.1, 0.15) is 0 Å². The molecule has 168 valence electrons. The molecule has 8 nitrogen and oxygen atoms in total. The fourth-order valence-electron chi connectivity index (χ4n) is 3.37. The molecule has 0 radical (unpaired) electrons. The second-order valence-electron chi connectivity index (χ2n) is 8.05. The van der Waals surface area contributed by atoms with Gasteiger partial charge in [-0.1, -0.05) is 13.2 Å². The topological polar surface area (TPSA) is 77.5 Å². The number of ketones is 1. The van der Waals surface area contributed by atoms with Crippen molar-refractivity contribution in [2.24, 2.45) is 5.92 Å². The predicted molar refractivity (Wildman–Crippen MR) is 115 cm³/mol. The summed E-state index contributed by atoms with van der Waals surface area (Å²) < 4.78 is 20.1. The number of likely N-dealkylation sites (N-methyl/N-ethyl adjacent to an activating group) is 1. The van der Waals surface area contributed by atoms with Crippen LogP contribution >= 0.6 is 0 Å². The molecule has 8 heteroatoms. The summed E-state index contributed by atoms with van der Waals surface area (Å²) in [4.78, 5) is 29.1. The molecule has 0 aliphatic carbocycles. The molecule has 31 heavy (non-hydrogen) atoms. The summed E-state index contributed by atoms with van der Waals surface area (Å²) in [6.45, 7) is 15.0. The molecular formula is C23H30N2O6. The van der Waals surface area contributed by atoms with Crippen LogP contribution in [0.15, 0.2) is 42.9 Å². The minimum absolute atomic E-state index is 0.00981. The van der Waals surface area contributed by atoms with Crippen LogP contribution in [0.5, 0.6) is 11.5 Å². The molecule has 1 unspecified atom stereocenters. The van der Waals surface area contributed by atoms with Crippen molar-refractivity contribution >= 4 is 11.7 Å². The highest BCUT2D eigenvalue weighted by Gasteiger charge is 2.37. The molecule has 4 rings (SSSR count). The Labute approximate surface area is 183 Å². The first-order chi connectivity index (χ1) is 14.7. The Hall–Kier alpha value is -3.00.